The second-order valence-corrected chi connectivity index (χ2v) is 4.88. The number of hydrogen-bond donors (Lipinski definition) is 0. The number of methoxy groups -OCH3 is 1. The highest BCUT2D eigenvalue weighted by molar-refractivity contribution is 5.80. The fourth-order valence-corrected chi connectivity index (χ4v) is 1.81. The molecule has 0 spiro atoms. The zero-order chi connectivity index (χ0) is 16.2. The van der Waals surface area contributed by atoms with Crippen LogP contribution in [0.2, 0.25) is 0 Å². The number of unbranched alkanes of at least 4 members (excludes halogenated alkanes) is 9. The second kappa shape index (κ2) is 20.9. The van der Waals surface area contributed by atoms with Crippen molar-refractivity contribution >= 4 is 12.0 Å². The SMILES string of the molecule is C=CC(=O)OC.CCCCCCCCCCCCN=C=O. The summed E-state index contributed by atoms with van der Waals surface area (Å²) < 4.78 is 4.14. The second-order valence-electron chi connectivity index (χ2n) is 4.88. The predicted molar refractivity (Wildman–Crippen MR) is 87.0 cm³/mol. The van der Waals surface area contributed by atoms with Crippen LogP contribution in [0.4, 0.5) is 0 Å². The summed E-state index contributed by atoms with van der Waals surface area (Å²) >= 11 is 0. The van der Waals surface area contributed by atoms with Crippen molar-refractivity contribution in [3.63, 3.8) is 0 Å². The number of hydrogen-bond acceptors (Lipinski definition) is 4. The Morgan fingerprint density at radius 2 is 1.52 bits per heavy atom. The number of carbonyl (C=O) groups is 1. The molecular formula is C17H31NO3. The number of esters is 1. The van der Waals surface area contributed by atoms with Crippen LogP contribution in [-0.4, -0.2) is 25.7 Å². The molecule has 0 rings (SSSR count). The van der Waals surface area contributed by atoms with Gasteiger partial charge in [-0.2, -0.15) is 0 Å². The summed E-state index contributed by atoms with van der Waals surface area (Å²) in [6, 6.07) is 0. The zero-order valence-corrected chi connectivity index (χ0v) is 13.7. The number of isocyanates is 1. The lowest BCUT2D eigenvalue weighted by molar-refractivity contribution is -0.134. The normalized spacial score (nSPS) is 9.05. The molecule has 0 unspecified atom stereocenters. The maximum atomic E-state index is 9.84. The number of rotatable bonds is 12. The fourth-order valence-electron chi connectivity index (χ4n) is 1.81. The van der Waals surface area contributed by atoms with E-state index in [2.05, 4.69) is 23.2 Å². The minimum atomic E-state index is -0.394. The van der Waals surface area contributed by atoms with E-state index in [1.54, 1.807) is 6.08 Å². The summed E-state index contributed by atoms with van der Waals surface area (Å²) in [6.07, 6.45) is 15.9. The highest BCUT2D eigenvalue weighted by atomic mass is 16.5. The van der Waals surface area contributed by atoms with Crippen LogP contribution in [0, 0.1) is 0 Å². The van der Waals surface area contributed by atoms with Crippen molar-refractivity contribution in [3.05, 3.63) is 12.7 Å². The molecular weight excluding hydrogens is 266 g/mol. The molecule has 122 valence electrons. The van der Waals surface area contributed by atoms with Crippen molar-refractivity contribution < 1.29 is 14.3 Å². The monoisotopic (exact) mass is 297 g/mol. The van der Waals surface area contributed by atoms with Gasteiger partial charge in [-0.25, -0.2) is 14.6 Å². The highest BCUT2D eigenvalue weighted by Crippen LogP contribution is 2.10. The summed E-state index contributed by atoms with van der Waals surface area (Å²) in [4.78, 5) is 23.1. The Morgan fingerprint density at radius 3 is 1.86 bits per heavy atom. The van der Waals surface area contributed by atoms with Gasteiger partial charge in [-0.3, -0.25) is 0 Å². The van der Waals surface area contributed by atoms with Gasteiger partial charge in [-0.15, -0.1) is 0 Å². The van der Waals surface area contributed by atoms with Crippen molar-refractivity contribution in [2.45, 2.75) is 71.1 Å². The molecule has 0 saturated heterocycles. The number of carbonyl (C=O) groups excluding carboxylic acids is 2. The van der Waals surface area contributed by atoms with Crippen LogP contribution < -0.4 is 0 Å². The van der Waals surface area contributed by atoms with Gasteiger partial charge in [0.25, 0.3) is 0 Å². The van der Waals surface area contributed by atoms with Gasteiger partial charge in [0.05, 0.1) is 13.7 Å². The molecule has 0 radical (unpaired) electrons. The van der Waals surface area contributed by atoms with E-state index in [4.69, 9.17) is 0 Å². The predicted octanol–water partition coefficient (Wildman–Crippen LogP) is 4.59. The minimum absolute atomic E-state index is 0.394. The molecule has 0 aliphatic carbocycles. The lowest BCUT2D eigenvalue weighted by Gasteiger charge is -2.00. The molecule has 0 heterocycles. The average molecular weight is 297 g/mol. The molecule has 0 aliphatic rings. The number of nitrogens with zero attached hydrogens (tertiary/aromatic N) is 1. The third-order valence-corrected chi connectivity index (χ3v) is 3.06. The van der Waals surface area contributed by atoms with Crippen LogP contribution in [0.15, 0.2) is 17.6 Å². The molecule has 0 amide bonds. The molecule has 0 aromatic rings. The largest absolute Gasteiger partial charge is 0.466 e. The van der Waals surface area contributed by atoms with Gasteiger partial charge in [0.2, 0.25) is 6.08 Å². The lowest BCUT2D eigenvalue weighted by atomic mass is 10.1. The Kier molecular flexibility index (Phi) is 21.8. The minimum Gasteiger partial charge on any atom is -0.466 e. The van der Waals surface area contributed by atoms with Gasteiger partial charge in [0.15, 0.2) is 0 Å². The fraction of sp³-hybridized carbons (Fsp3) is 0.765. The molecule has 0 atom stereocenters. The zero-order valence-electron chi connectivity index (χ0n) is 13.7. The van der Waals surface area contributed by atoms with Crippen LogP contribution >= 0.6 is 0 Å². The Bertz CT molecular complexity index is 284. The molecule has 4 nitrogen and oxygen atoms in total. The molecule has 0 fully saturated rings. The van der Waals surface area contributed by atoms with Crippen molar-refractivity contribution in [1.82, 2.24) is 0 Å². The first kappa shape index (κ1) is 21.9. The summed E-state index contributed by atoms with van der Waals surface area (Å²) in [5, 5.41) is 0. The van der Waals surface area contributed by atoms with Crippen LogP contribution in [0.25, 0.3) is 0 Å². The third kappa shape index (κ3) is 24.0. The van der Waals surface area contributed by atoms with E-state index in [-0.39, 0.29) is 0 Å². The molecule has 0 aromatic carbocycles. The Hall–Kier alpha value is -1.41. The first-order valence-corrected chi connectivity index (χ1v) is 7.96. The Labute approximate surface area is 129 Å². The molecule has 0 aliphatic heterocycles. The number of ether oxygens (including phenoxy) is 1. The molecule has 0 aromatic heterocycles. The van der Waals surface area contributed by atoms with Crippen LogP contribution in [-0.2, 0) is 14.3 Å². The van der Waals surface area contributed by atoms with Gasteiger partial charge < -0.3 is 4.74 Å². The topological polar surface area (TPSA) is 55.7 Å². The molecule has 0 bridgehead atoms. The highest BCUT2D eigenvalue weighted by Gasteiger charge is 1.91. The first-order valence-electron chi connectivity index (χ1n) is 7.96. The molecule has 4 heteroatoms. The van der Waals surface area contributed by atoms with Gasteiger partial charge in [-0.05, 0) is 6.42 Å². The molecule has 0 N–H and O–H groups in total. The maximum absolute atomic E-state index is 9.84. The van der Waals surface area contributed by atoms with Gasteiger partial charge in [0, 0.05) is 6.08 Å². The van der Waals surface area contributed by atoms with Crippen molar-refractivity contribution in [2.24, 2.45) is 4.99 Å². The first-order chi connectivity index (χ1) is 10.2. The standard InChI is InChI=1S/C13H25NO.C4H6O2/c1-2-3-4-5-6-7-8-9-10-11-12-14-13-15;1-3-4(5)6-2/h2-12H2,1H3;3H,1H2,2H3. The van der Waals surface area contributed by atoms with E-state index in [0.29, 0.717) is 6.54 Å². The van der Waals surface area contributed by atoms with Crippen LogP contribution in [0.3, 0.4) is 0 Å². The maximum Gasteiger partial charge on any atom is 0.329 e. The third-order valence-electron chi connectivity index (χ3n) is 3.06. The Balaban J connectivity index is 0. The van der Waals surface area contributed by atoms with Gasteiger partial charge >= 0.3 is 5.97 Å². The van der Waals surface area contributed by atoms with E-state index >= 15 is 0 Å². The van der Waals surface area contributed by atoms with Crippen molar-refractivity contribution in [1.29, 1.82) is 0 Å². The van der Waals surface area contributed by atoms with E-state index in [1.807, 2.05) is 0 Å². The van der Waals surface area contributed by atoms with Crippen molar-refractivity contribution in [3.8, 4) is 0 Å². The molecule has 21 heavy (non-hydrogen) atoms. The molecule has 0 saturated carbocycles. The Morgan fingerprint density at radius 1 is 1.05 bits per heavy atom. The van der Waals surface area contributed by atoms with Crippen LogP contribution in [0.1, 0.15) is 71.1 Å². The smallest absolute Gasteiger partial charge is 0.329 e. The van der Waals surface area contributed by atoms with E-state index < -0.39 is 5.97 Å². The average Bonchev–Trinajstić information content (AvgIpc) is 2.52. The van der Waals surface area contributed by atoms with Gasteiger partial charge in [-0.1, -0.05) is 71.3 Å². The van der Waals surface area contributed by atoms with E-state index in [1.165, 1.54) is 64.9 Å². The summed E-state index contributed by atoms with van der Waals surface area (Å²) in [7, 11) is 1.31. The van der Waals surface area contributed by atoms with E-state index in [0.717, 1.165) is 12.5 Å². The summed E-state index contributed by atoms with van der Waals surface area (Å²) in [6.45, 7) is 6.08. The van der Waals surface area contributed by atoms with Gasteiger partial charge in [0.1, 0.15) is 0 Å². The summed E-state index contributed by atoms with van der Waals surface area (Å²) in [5.74, 6) is -0.394. The summed E-state index contributed by atoms with van der Waals surface area (Å²) in [5.41, 5.74) is 0. The van der Waals surface area contributed by atoms with E-state index in [9.17, 15) is 9.59 Å². The van der Waals surface area contributed by atoms with Crippen molar-refractivity contribution in [2.75, 3.05) is 13.7 Å². The quantitative estimate of drug-likeness (QED) is 0.174. The number of aliphatic imine (C=N–C) groups is 1. The van der Waals surface area contributed by atoms with Crippen LogP contribution in [0.5, 0.6) is 0 Å². The lowest BCUT2D eigenvalue weighted by Crippen LogP contribution is -1.91.